The Balaban J connectivity index is 2.17. The van der Waals surface area contributed by atoms with Crippen molar-refractivity contribution < 1.29 is 24.2 Å². The molecule has 0 radical (unpaired) electrons. The lowest BCUT2D eigenvalue weighted by atomic mass is 10.0. The van der Waals surface area contributed by atoms with E-state index in [4.69, 9.17) is 9.47 Å². The molecule has 0 saturated carbocycles. The molecule has 1 atom stereocenters. The monoisotopic (exact) mass is 389 g/mol. The van der Waals surface area contributed by atoms with Crippen LogP contribution in [0.3, 0.4) is 0 Å². The van der Waals surface area contributed by atoms with Crippen LogP contribution >= 0.6 is 11.8 Å². The van der Waals surface area contributed by atoms with Crippen LogP contribution in [0.25, 0.3) is 0 Å². The Kier molecular flexibility index (Phi) is 7.55. The van der Waals surface area contributed by atoms with E-state index in [0.717, 1.165) is 10.5 Å². The average molecular weight is 389 g/mol. The molecule has 144 valence electrons. The van der Waals surface area contributed by atoms with Crippen LogP contribution in [0.4, 0.5) is 0 Å². The van der Waals surface area contributed by atoms with Crippen molar-refractivity contribution in [1.82, 2.24) is 5.32 Å². The number of hydrogen-bond acceptors (Lipinski definition) is 5. The van der Waals surface area contributed by atoms with Crippen molar-refractivity contribution in [3.8, 4) is 11.5 Å². The molecule has 27 heavy (non-hydrogen) atoms. The zero-order chi connectivity index (χ0) is 19.8. The molecule has 0 spiro atoms. The number of benzene rings is 2. The number of carboxylic acid groups (broad SMARTS) is 1. The minimum Gasteiger partial charge on any atom is -0.497 e. The normalized spacial score (nSPS) is 11.5. The SMILES string of the molecule is COc1ccc(OC)c(CC(=O)NC(CC(=O)O)c2ccc(SC)cc2)c1. The highest BCUT2D eigenvalue weighted by Crippen LogP contribution is 2.25. The van der Waals surface area contributed by atoms with Gasteiger partial charge in [0.15, 0.2) is 0 Å². The van der Waals surface area contributed by atoms with E-state index in [9.17, 15) is 14.7 Å². The first-order valence-corrected chi connectivity index (χ1v) is 9.55. The minimum atomic E-state index is -0.979. The summed E-state index contributed by atoms with van der Waals surface area (Å²) in [6, 6.07) is 12.1. The molecule has 0 heterocycles. The van der Waals surface area contributed by atoms with Gasteiger partial charge in [0, 0.05) is 10.5 Å². The van der Waals surface area contributed by atoms with E-state index in [1.165, 1.54) is 7.11 Å². The number of hydrogen-bond donors (Lipinski definition) is 2. The first kappa shape index (κ1) is 20.6. The van der Waals surface area contributed by atoms with Gasteiger partial charge in [-0.1, -0.05) is 12.1 Å². The molecule has 2 aromatic carbocycles. The van der Waals surface area contributed by atoms with E-state index in [1.807, 2.05) is 30.5 Å². The van der Waals surface area contributed by atoms with Gasteiger partial charge in [0.2, 0.25) is 5.91 Å². The van der Waals surface area contributed by atoms with Gasteiger partial charge in [-0.25, -0.2) is 0 Å². The van der Waals surface area contributed by atoms with Crippen molar-refractivity contribution in [2.45, 2.75) is 23.8 Å². The summed E-state index contributed by atoms with van der Waals surface area (Å²) in [5, 5.41) is 12.0. The molecule has 2 aromatic rings. The summed E-state index contributed by atoms with van der Waals surface area (Å²) >= 11 is 1.60. The van der Waals surface area contributed by atoms with E-state index < -0.39 is 12.0 Å². The van der Waals surface area contributed by atoms with E-state index in [1.54, 1.807) is 37.1 Å². The summed E-state index contributed by atoms with van der Waals surface area (Å²) < 4.78 is 10.5. The Bertz CT molecular complexity index is 791. The lowest BCUT2D eigenvalue weighted by Crippen LogP contribution is -2.31. The number of aliphatic carboxylic acids is 1. The van der Waals surface area contributed by atoms with E-state index in [0.29, 0.717) is 17.1 Å². The molecule has 0 aliphatic carbocycles. The highest BCUT2D eigenvalue weighted by molar-refractivity contribution is 7.98. The van der Waals surface area contributed by atoms with Gasteiger partial charge in [0.05, 0.1) is 33.1 Å². The van der Waals surface area contributed by atoms with Crippen molar-refractivity contribution in [3.05, 3.63) is 53.6 Å². The first-order chi connectivity index (χ1) is 13.0. The third-order valence-electron chi connectivity index (χ3n) is 4.07. The third kappa shape index (κ3) is 5.92. The fourth-order valence-corrected chi connectivity index (χ4v) is 3.11. The van der Waals surface area contributed by atoms with Crippen molar-refractivity contribution in [3.63, 3.8) is 0 Å². The smallest absolute Gasteiger partial charge is 0.305 e. The molecule has 2 N–H and O–H groups in total. The number of ether oxygens (including phenoxy) is 2. The van der Waals surface area contributed by atoms with Gasteiger partial charge in [0.25, 0.3) is 0 Å². The van der Waals surface area contributed by atoms with Gasteiger partial charge in [-0.3, -0.25) is 9.59 Å². The summed E-state index contributed by atoms with van der Waals surface area (Å²) in [6.45, 7) is 0. The Hall–Kier alpha value is -2.67. The number of thioether (sulfide) groups is 1. The fraction of sp³-hybridized carbons (Fsp3) is 0.300. The molecule has 7 heteroatoms. The molecule has 0 saturated heterocycles. The molecule has 0 aliphatic heterocycles. The minimum absolute atomic E-state index is 0.0549. The van der Waals surface area contributed by atoms with Gasteiger partial charge in [-0.05, 0) is 42.2 Å². The Morgan fingerprint density at radius 3 is 2.37 bits per heavy atom. The molecular formula is C20H23NO5S. The van der Waals surface area contributed by atoms with Crippen LogP contribution in [0.1, 0.15) is 23.6 Å². The highest BCUT2D eigenvalue weighted by atomic mass is 32.2. The van der Waals surface area contributed by atoms with Crippen molar-refractivity contribution in [2.24, 2.45) is 0 Å². The first-order valence-electron chi connectivity index (χ1n) is 8.32. The second-order valence-corrected chi connectivity index (χ2v) is 6.73. The maximum Gasteiger partial charge on any atom is 0.305 e. The number of carbonyl (C=O) groups is 2. The zero-order valence-corrected chi connectivity index (χ0v) is 16.3. The van der Waals surface area contributed by atoms with Gasteiger partial charge >= 0.3 is 5.97 Å². The summed E-state index contributed by atoms with van der Waals surface area (Å²) in [5.74, 6) is -0.0756. The van der Waals surface area contributed by atoms with Crippen LogP contribution in [0.5, 0.6) is 11.5 Å². The molecule has 0 aliphatic rings. The highest BCUT2D eigenvalue weighted by Gasteiger charge is 2.19. The maximum atomic E-state index is 12.6. The number of methoxy groups -OCH3 is 2. The molecule has 0 bridgehead atoms. The van der Waals surface area contributed by atoms with E-state index in [-0.39, 0.29) is 18.7 Å². The van der Waals surface area contributed by atoms with Crippen molar-refractivity contribution >= 4 is 23.6 Å². The Labute approximate surface area is 162 Å². The summed E-state index contributed by atoms with van der Waals surface area (Å²) in [5.41, 5.74) is 1.42. The fourth-order valence-electron chi connectivity index (χ4n) is 2.70. The Morgan fingerprint density at radius 1 is 1.11 bits per heavy atom. The summed E-state index contributed by atoms with van der Waals surface area (Å²) in [7, 11) is 3.08. The van der Waals surface area contributed by atoms with Crippen molar-refractivity contribution in [2.75, 3.05) is 20.5 Å². The second kappa shape index (κ2) is 9.87. The second-order valence-electron chi connectivity index (χ2n) is 5.85. The molecule has 2 rings (SSSR count). The molecule has 6 nitrogen and oxygen atoms in total. The van der Waals surface area contributed by atoms with Crippen LogP contribution in [0.15, 0.2) is 47.4 Å². The van der Waals surface area contributed by atoms with Gasteiger partial charge in [-0.15, -0.1) is 11.8 Å². The van der Waals surface area contributed by atoms with Crippen LogP contribution in [0.2, 0.25) is 0 Å². The molecule has 1 unspecified atom stereocenters. The third-order valence-corrected chi connectivity index (χ3v) is 4.81. The predicted molar refractivity (Wildman–Crippen MR) is 105 cm³/mol. The van der Waals surface area contributed by atoms with Crippen LogP contribution < -0.4 is 14.8 Å². The van der Waals surface area contributed by atoms with E-state index in [2.05, 4.69) is 5.32 Å². The number of carboxylic acids is 1. The lowest BCUT2D eigenvalue weighted by Gasteiger charge is -2.18. The predicted octanol–water partition coefficient (Wildman–Crippen LogP) is 3.30. The van der Waals surface area contributed by atoms with E-state index >= 15 is 0 Å². The zero-order valence-electron chi connectivity index (χ0n) is 15.5. The standard InChI is InChI=1S/C20H23NO5S/c1-25-15-6-9-18(26-2)14(10-15)11-19(22)21-17(12-20(23)24)13-4-7-16(27-3)8-5-13/h4-10,17H,11-12H2,1-3H3,(H,21,22)(H,23,24). The quantitative estimate of drug-likeness (QED) is 0.640. The topological polar surface area (TPSA) is 84.9 Å². The number of rotatable bonds is 9. The lowest BCUT2D eigenvalue weighted by molar-refractivity contribution is -0.137. The number of amides is 1. The molecular weight excluding hydrogens is 366 g/mol. The van der Waals surface area contributed by atoms with Gasteiger partial charge in [0.1, 0.15) is 11.5 Å². The van der Waals surface area contributed by atoms with Gasteiger partial charge in [-0.2, -0.15) is 0 Å². The summed E-state index contributed by atoms with van der Waals surface area (Å²) in [6.07, 6.45) is 1.83. The van der Waals surface area contributed by atoms with Crippen LogP contribution in [-0.4, -0.2) is 37.5 Å². The van der Waals surface area contributed by atoms with Gasteiger partial charge < -0.3 is 19.9 Å². The molecule has 0 fully saturated rings. The number of carbonyl (C=O) groups excluding carboxylic acids is 1. The molecule has 1 amide bonds. The largest absolute Gasteiger partial charge is 0.497 e. The number of nitrogens with one attached hydrogen (secondary N) is 1. The average Bonchev–Trinajstić information content (AvgIpc) is 2.67. The maximum absolute atomic E-state index is 12.6. The Morgan fingerprint density at radius 2 is 1.81 bits per heavy atom. The molecule has 0 aromatic heterocycles. The van der Waals surface area contributed by atoms with Crippen LogP contribution in [0, 0.1) is 0 Å². The van der Waals surface area contributed by atoms with Crippen molar-refractivity contribution in [1.29, 1.82) is 0 Å². The summed E-state index contributed by atoms with van der Waals surface area (Å²) in [4.78, 5) is 24.9. The van der Waals surface area contributed by atoms with Crippen LogP contribution in [-0.2, 0) is 16.0 Å².